The minimum Gasteiger partial charge on any atom is -0.320 e. The molecule has 1 aromatic rings. The Morgan fingerprint density at radius 3 is 2.75 bits per heavy atom. The van der Waals surface area contributed by atoms with E-state index in [9.17, 15) is 0 Å². The van der Waals surface area contributed by atoms with Crippen LogP contribution in [0, 0.1) is 25.7 Å². The molecular weight excluding hydrogens is 146 g/mol. The monoisotopic (exact) mass is 159 g/mol. The van der Waals surface area contributed by atoms with E-state index in [0.29, 0.717) is 6.54 Å². The number of nitrogens with two attached hydrogens (primary N) is 1. The highest BCUT2D eigenvalue weighted by molar-refractivity contribution is 5.44. The van der Waals surface area contributed by atoms with Gasteiger partial charge in [-0.2, -0.15) is 0 Å². The zero-order chi connectivity index (χ0) is 8.97. The molecule has 0 unspecified atom stereocenters. The van der Waals surface area contributed by atoms with Gasteiger partial charge in [-0.15, -0.1) is 0 Å². The Labute approximate surface area is 73.6 Å². The first-order valence-electron chi connectivity index (χ1n) is 4.01. The number of hydrogen-bond donors (Lipinski definition) is 1. The van der Waals surface area contributed by atoms with E-state index in [0.717, 1.165) is 5.56 Å². The fraction of sp³-hybridized carbons (Fsp3) is 0.273. The van der Waals surface area contributed by atoms with Gasteiger partial charge in [0.1, 0.15) is 0 Å². The Bertz CT molecular complexity index is 329. The summed E-state index contributed by atoms with van der Waals surface area (Å²) < 4.78 is 0. The summed E-state index contributed by atoms with van der Waals surface area (Å²) in [4.78, 5) is 0. The second kappa shape index (κ2) is 3.94. The van der Waals surface area contributed by atoms with E-state index in [-0.39, 0.29) is 0 Å². The first-order chi connectivity index (χ1) is 5.75. The van der Waals surface area contributed by atoms with E-state index >= 15 is 0 Å². The molecule has 0 fully saturated rings. The van der Waals surface area contributed by atoms with E-state index in [1.165, 1.54) is 11.1 Å². The normalized spacial score (nSPS) is 8.92. The lowest BCUT2D eigenvalue weighted by Crippen LogP contribution is -1.94. The van der Waals surface area contributed by atoms with Crippen molar-refractivity contribution in [1.29, 1.82) is 0 Å². The van der Waals surface area contributed by atoms with Gasteiger partial charge in [0, 0.05) is 5.56 Å². The largest absolute Gasteiger partial charge is 0.320 e. The molecule has 1 heteroatoms. The van der Waals surface area contributed by atoms with Gasteiger partial charge in [0.25, 0.3) is 0 Å². The maximum atomic E-state index is 5.29. The highest BCUT2D eigenvalue weighted by atomic mass is 14.5. The molecule has 0 bridgehead atoms. The second-order valence-electron chi connectivity index (χ2n) is 2.75. The Hall–Kier alpha value is -1.26. The first kappa shape index (κ1) is 8.83. The molecule has 1 nitrogen and oxygen atoms in total. The molecule has 0 aliphatic carbocycles. The van der Waals surface area contributed by atoms with E-state index < -0.39 is 0 Å². The summed E-state index contributed by atoms with van der Waals surface area (Å²) in [6.07, 6.45) is 0. The molecule has 0 radical (unpaired) electrons. The molecule has 1 rings (SSSR count). The van der Waals surface area contributed by atoms with Crippen molar-refractivity contribution in [2.45, 2.75) is 13.8 Å². The summed E-state index contributed by atoms with van der Waals surface area (Å²) in [5, 5.41) is 0. The average Bonchev–Trinajstić information content (AvgIpc) is 2.08. The molecule has 2 N–H and O–H groups in total. The maximum absolute atomic E-state index is 5.29. The Morgan fingerprint density at radius 1 is 1.33 bits per heavy atom. The second-order valence-corrected chi connectivity index (χ2v) is 2.75. The van der Waals surface area contributed by atoms with Gasteiger partial charge in [-0.05, 0) is 31.0 Å². The third-order valence-corrected chi connectivity index (χ3v) is 1.93. The zero-order valence-corrected chi connectivity index (χ0v) is 7.52. The fourth-order valence-electron chi connectivity index (χ4n) is 1.03. The van der Waals surface area contributed by atoms with Gasteiger partial charge in [-0.25, -0.2) is 0 Å². The van der Waals surface area contributed by atoms with Gasteiger partial charge in [0.05, 0.1) is 6.54 Å². The molecule has 0 aliphatic heterocycles. The van der Waals surface area contributed by atoms with Crippen LogP contribution in [0.15, 0.2) is 18.2 Å². The lowest BCUT2D eigenvalue weighted by Gasteiger charge is -2.00. The number of rotatable bonds is 0. The van der Waals surface area contributed by atoms with Crippen molar-refractivity contribution in [3.63, 3.8) is 0 Å². The van der Waals surface area contributed by atoms with Crippen molar-refractivity contribution < 1.29 is 0 Å². The predicted octanol–water partition coefficient (Wildman–Crippen LogP) is 1.61. The summed E-state index contributed by atoms with van der Waals surface area (Å²) in [5.74, 6) is 5.89. The van der Waals surface area contributed by atoms with Crippen molar-refractivity contribution in [1.82, 2.24) is 0 Å². The minimum atomic E-state index is 0.424. The molecule has 0 atom stereocenters. The van der Waals surface area contributed by atoms with Crippen molar-refractivity contribution in [3.8, 4) is 11.8 Å². The fourth-order valence-corrected chi connectivity index (χ4v) is 1.03. The third kappa shape index (κ3) is 1.87. The molecule has 0 aromatic heterocycles. The Morgan fingerprint density at radius 2 is 2.08 bits per heavy atom. The summed E-state index contributed by atoms with van der Waals surface area (Å²) in [6.45, 7) is 4.59. The standard InChI is InChI=1S/C11H13N/c1-9-5-3-6-11(10(9)2)7-4-8-12/h3,5-6H,8,12H2,1-2H3. The van der Waals surface area contributed by atoms with Crippen molar-refractivity contribution in [2.75, 3.05) is 6.54 Å². The highest BCUT2D eigenvalue weighted by Gasteiger charge is 1.95. The van der Waals surface area contributed by atoms with Gasteiger partial charge in [0.2, 0.25) is 0 Å². The first-order valence-corrected chi connectivity index (χ1v) is 4.01. The van der Waals surface area contributed by atoms with Crippen LogP contribution in [0.3, 0.4) is 0 Å². The number of hydrogen-bond acceptors (Lipinski definition) is 1. The highest BCUT2D eigenvalue weighted by Crippen LogP contribution is 2.10. The predicted molar refractivity (Wildman–Crippen MR) is 51.8 cm³/mol. The molecule has 0 amide bonds. The maximum Gasteiger partial charge on any atom is 0.0555 e. The van der Waals surface area contributed by atoms with Gasteiger partial charge < -0.3 is 5.73 Å². The molecule has 0 spiro atoms. The van der Waals surface area contributed by atoms with Crippen LogP contribution in [0.2, 0.25) is 0 Å². The molecular formula is C11H13N. The Kier molecular flexibility index (Phi) is 2.90. The molecule has 0 heterocycles. The van der Waals surface area contributed by atoms with Crippen LogP contribution >= 0.6 is 0 Å². The SMILES string of the molecule is Cc1cccc(C#CCN)c1C. The van der Waals surface area contributed by atoms with E-state index in [4.69, 9.17) is 5.73 Å². The van der Waals surface area contributed by atoms with Crippen molar-refractivity contribution in [3.05, 3.63) is 34.9 Å². The molecule has 62 valence electrons. The quantitative estimate of drug-likeness (QED) is 0.572. The van der Waals surface area contributed by atoms with Gasteiger partial charge in [0.15, 0.2) is 0 Å². The number of benzene rings is 1. The van der Waals surface area contributed by atoms with E-state index in [1.807, 2.05) is 12.1 Å². The lowest BCUT2D eigenvalue weighted by molar-refractivity contribution is 1.29. The Balaban J connectivity index is 3.08. The van der Waals surface area contributed by atoms with Crippen molar-refractivity contribution >= 4 is 0 Å². The third-order valence-electron chi connectivity index (χ3n) is 1.93. The lowest BCUT2D eigenvalue weighted by atomic mass is 10.0. The summed E-state index contributed by atoms with van der Waals surface area (Å²) in [7, 11) is 0. The van der Waals surface area contributed by atoms with E-state index in [1.54, 1.807) is 0 Å². The van der Waals surface area contributed by atoms with Crippen LogP contribution in [0.1, 0.15) is 16.7 Å². The number of aryl methyl sites for hydroxylation is 1. The minimum absolute atomic E-state index is 0.424. The molecule has 1 aromatic carbocycles. The van der Waals surface area contributed by atoms with Crippen LogP contribution in [-0.2, 0) is 0 Å². The zero-order valence-electron chi connectivity index (χ0n) is 7.52. The smallest absolute Gasteiger partial charge is 0.0555 e. The molecule has 0 saturated carbocycles. The summed E-state index contributed by atoms with van der Waals surface area (Å²) in [6, 6.07) is 6.12. The molecule has 0 saturated heterocycles. The van der Waals surface area contributed by atoms with Gasteiger partial charge in [-0.1, -0.05) is 24.0 Å². The van der Waals surface area contributed by atoms with Crippen LogP contribution in [0.4, 0.5) is 0 Å². The summed E-state index contributed by atoms with van der Waals surface area (Å²) >= 11 is 0. The van der Waals surface area contributed by atoms with Crippen LogP contribution in [0.25, 0.3) is 0 Å². The van der Waals surface area contributed by atoms with Crippen LogP contribution in [0.5, 0.6) is 0 Å². The summed E-state index contributed by atoms with van der Waals surface area (Å²) in [5.41, 5.74) is 8.90. The van der Waals surface area contributed by atoms with Crippen LogP contribution < -0.4 is 5.73 Å². The average molecular weight is 159 g/mol. The van der Waals surface area contributed by atoms with E-state index in [2.05, 4.69) is 31.8 Å². The molecule has 12 heavy (non-hydrogen) atoms. The molecule has 0 aliphatic rings. The van der Waals surface area contributed by atoms with Crippen LogP contribution in [-0.4, -0.2) is 6.54 Å². The van der Waals surface area contributed by atoms with Gasteiger partial charge >= 0.3 is 0 Å². The van der Waals surface area contributed by atoms with Crippen molar-refractivity contribution in [2.24, 2.45) is 5.73 Å². The topological polar surface area (TPSA) is 26.0 Å². The van der Waals surface area contributed by atoms with Gasteiger partial charge in [-0.3, -0.25) is 0 Å².